The first-order valence-electron chi connectivity index (χ1n) is 7.63. The molecule has 1 aliphatic carbocycles. The van der Waals surface area contributed by atoms with Crippen LogP contribution in [0.4, 0.5) is 0 Å². The van der Waals surface area contributed by atoms with Crippen LogP contribution < -0.4 is 5.73 Å². The summed E-state index contributed by atoms with van der Waals surface area (Å²) in [4.78, 5) is 0. The van der Waals surface area contributed by atoms with E-state index >= 15 is 0 Å². The Labute approximate surface area is 120 Å². The van der Waals surface area contributed by atoms with Gasteiger partial charge in [-0.05, 0) is 42.2 Å². The van der Waals surface area contributed by atoms with Gasteiger partial charge in [0.2, 0.25) is 0 Å². The maximum atomic E-state index is 6.59. The van der Waals surface area contributed by atoms with E-state index in [0.717, 1.165) is 19.4 Å². The lowest BCUT2D eigenvalue weighted by Gasteiger charge is -2.35. The summed E-state index contributed by atoms with van der Waals surface area (Å²) in [5.74, 6) is 0. The summed E-state index contributed by atoms with van der Waals surface area (Å²) in [6, 6.07) is 14.9. The van der Waals surface area contributed by atoms with Gasteiger partial charge in [-0.15, -0.1) is 0 Å². The topological polar surface area (TPSA) is 35.2 Å². The summed E-state index contributed by atoms with van der Waals surface area (Å²) < 4.78 is 6.09. The van der Waals surface area contributed by atoms with Gasteiger partial charge in [-0.2, -0.15) is 0 Å². The van der Waals surface area contributed by atoms with Crippen molar-refractivity contribution in [2.45, 2.75) is 44.2 Å². The summed E-state index contributed by atoms with van der Waals surface area (Å²) in [5.41, 5.74) is 7.63. The Hall–Kier alpha value is -1.38. The van der Waals surface area contributed by atoms with Gasteiger partial charge in [0.1, 0.15) is 0 Å². The van der Waals surface area contributed by atoms with Crippen LogP contribution in [0.15, 0.2) is 42.5 Å². The molecule has 0 bridgehead atoms. The van der Waals surface area contributed by atoms with Crippen molar-refractivity contribution in [2.24, 2.45) is 5.73 Å². The Morgan fingerprint density at radius 1 is 1.10 bits per heavy atom. The zero-order valence-electron chi connectivity index (χ0n) is 12.1. The molecule has 3 rings (SSSR count). The van der Waals surface area contributed by atoms with Crippen LogP contribution >= 0.6 is 0 Å². The van der Waals surface area contributed by atoms with Crippen LogP contribution in [-0.2, 0) is 4.74 Å². The van der Waals surface area contributed by atoms with E-state index in [1.807, 2.05) is 0 Å². The molecule has 2 heteroatoms. The summed E-state index contributed by atoms with van der Waals surface area (Å²) in [6.07, 6.45) is 4.60. The van der Waals surface area contributed by atoms with Crippen LogP contribution in [-0.4, -0.2) is 12.2 Å². The number of hydrogen-bond acceptors (Lipinski definition) is 2. The maximum absolute atomic E-state index is 6.59. The highest BCUT2D eigenvalue weighted by molar-refractivity contribution is 5.83. The molecule has 2 aromatic carbocycles. The summed E-state index contributed by atoms with van der Waals surface area (Å²) in [7, 11) is 0. The third-order valence-corrected chi connectivity index (χ3v) is 4.58. The number of ether oxygens (including phenoxy) is 1. The summed E-state index contributed by atoms with van der Waals surface area (Å²) >= 11 is 0. The van der Waals surface area contributed by atoms with Gasteiger partial charge < -0.3 is 10.5 Å². The van der Waals surface area contributed by atoms with Crippen molar-refractivity contribution in [3.8, 4) is 0 Å². The normalized spacial score (nSPS) is 19.3. The van der Waals surface area contributed by atoms with Crippen molar-refractivity contribution in [1.82, 2.24) is 0 Å². The molecule has 0 saturated heterocycles. The minimum atomic E-state index is -0.156. The Morgan fingerprint density at radius 3 is 2.50 bits per heavy atom. The van der Waals surface area contributed by atoms with Gasteiger partial charge in [0, 0.05) is 6.61 Å². The van der Waals surface area contributed by atoms with Crippen LogP contribution in [0.25, 0.3) is 10.8 Å². The molecule has 2 nitrogen and oxygen atoms in total. The van der Waals surface area contributed by atoms with Crippen LogP contribution in [0.1, 0.15) is 44.2 Å². The van der Waals surface area contributed by atoms with Crippen LogP contribution in [0.2, 0.25) is 0 Å². The van der Waals surface area contributed by atoms with E-state index in [1.165, 1.54) is 29.2 Å². The van der Waals surface area contributed by atoms with Crippen molar-refractivity contribution >= 4 is 10.8 Å². The molecule has 0 aromatic heterocycles. The summed E-state index contributed by atoms with van der Waals surface area (Å²) in [5, 5.41) is 2.52. The Kier molecular flexibility index (Phi) is 3.77. The molecule has 1 atom stereocenters. The van der Waals surface area contributed by atoms with Gasteiger partial charge in [0.15, 0.2) is 0 Å². The van der Waals surface area contributed by atoms with Gasteiger partial charge in [0.05, 0.1) is 11.6 Å². The lowest BCUT2D eigenvalue weighted by Crippen LogP contribution is -2.41. The monoisotopic (exact) mass is 269 g/mol. The number of rotatable bonds is 4. The highest BCUT2D eigenvalue weighted by Gasteiger charge is 2.41. The smallest absolute Gasteiger partial charge is 0.0874 e. The molecule has 106 valence electrons. The molecule has 0 heterocycles. The second-order valence-electron chi connectivity index (χ2n) is 5.79. The quantitative estimate of drug-likeness (QED) is 0.903. The third-order valence-electron chi connectivity index (χ3n) is 4.58. The van der Waals surface area contributed by atoms with Crippen molar-refractivity contribution in [3.63, 3.8) is 0 Å². The highest BCUT2D eigenvalue weighted by atomic mass is 16.5. The fourth-order valence-corrected chi connectivity index (χ4v) is 3.51. The van der Waals surface area contributed by atoms with Crippen LogP contribution in [0.5, 0.6) is 0 Å². The minimum Gasteiger partial charge on any atom is -0.373 e. The van der Waals surface area contributed by atoms with E-state index in [2.05, 4.69) is 49.4 Å². The van der Waals surface area contributed by atoms with Gasteiger partial charge in [-0.3, -0.25) is 0 Å². The number of hydrogen-bond donors (Lipinski definition) is 1. The van der Waals surface area contributed by atoms with Gasteiger partial charge in [0.25, 0.3) is 0 Å². The standard InChI is InChI=1S/C18H23NO/c1-2-20-18(11-5-6-12-18)17(19)16-10-9-14-7-3-4-8-15(14)13-16/h3-4,7-10,13,17H,2,5-6,11-12,19H2,1H3. The van der Waals surface area contributed by atoms with Gasteiger partial charge in [-0.1, -0.05) is 49.2 Å². The third kappa shape index (κ3) is 2.34. The van der Waals surface area contributed by atoms with Gasteiger partial charge >= 0.3 is 0 Å². The first kappa shape index (κ1) is 13.6. The Bertz CT molecular complexity index is 587. The maximum Gasteiger partial charge on any atom is 0.0874 e. The van der Waals surface area contributed by atoms with Crippen LogP contribution in [0.3, 0.4) is 0 Å². The molecule has 1 unspecified atom stereocenters. The van der Waals surface area contributed by atoms with E-state index in [4.69, 9.17) is 10.5 Å². The van der Waals surface area contributed by atoms with E-state index in [-0.39, 0.29) is 11.6 Å². The molecule has 1 fully saturated rings. The van der Waals surface area contributed by atoms with E-state index in [0.29, 0.717) is 0 Å². The average molecular weight is 269 g/mol. The molecular weight excluding hydrogens is 246 g/mol. The molecular formula is C18H23NO. The fourth-order valence-electron chi connectivity index (χ4n) is 3.51. The predicted molar refractivity (Wildman–Crippen MR) is 83.7 cm³/mol. The lowest BCUT2D eigenvalue weighted by atomic mass is 9.86. The summed E-state index contributed by atoms with van der Waals surface area (Å²) in [6.45, 7) is 2.80. The molecule has 20 heavy (non-hydrogen) atoms. The van der Waals surface area contributed by atoms with Crippen molar-refractivity contribution in [2.75, 3.05) is 6.61 Å². The van der Waals surface area contributed by atoms with E-state index in [1.54, 1.807) is 0 Å². The SMILES string of the molecule is CCOC1(C(N)c2ccc3ccccc3c2)CCCC1. The van der Waals surface area contributed by atoms with Crippen molar-refractivity contribution < 1.29 is 4.74 Å². The first-order valence-corrected chi connectivity index (χ1v) is 7.63. The van der Waals surface area contributed by atoms with E-state index < -0.39 is 0 Å². The first-order chi connectivity index (χ1) is 9.75. The molecule has 0 radical (unpaired) electrons. The lowest BCUT2D eigenvalue weighted by molar-refractivity contribution is -0.0536. The number of fused-ring (bicyclic) bond motifs is 1. The zero-order chi connectivity index (χ0) is 14.0. The van der Waals surface area contributed by atoms with Crippen molar-refractivity contribution in [3.05, 3.63) is 48.0 Å². The number of benzene rings is 2. The second-order valence-corrected chi connectivity index (χ2v) is 5.79. The molecule has 1 aliphatic rings. The van der Waals surface area contributed by atoms with E-state index in [9.17, 15) is 0 Å². The van der Waals surface area contributed by atoms with Crippen LogP contribution in [0, 0.1) is 0 Å². The molecule has 2 aromatic rings. The molecule has 0 spiro atoms. The average Bonchev–Trinajstić information content (AvgIpc) is 2.96. The van der Waals surface area contributed by atoms with Gasteiger partial charge in [-0.25, -0.2) is 0 Å². The largest absolute Gasteiger partial charge is 0.373 e. The Balaban J connectivity index is 1.96. The zero-order valence-corrected chi connectivity index (χ0v) is 12.1. The van der Waals surface area contributed by atoms with Crippen molar-refractivity contribution in [1.29, 1.82) is 0 Å². The predicted octanol–water partition coefficient (Wildman–Crippen LogP) is 4.19. The molecule has 0 aliphatic heterocycles. The Morgan fingerprint density at radius 2 is 1.80 bits per heavy atom. The second kappa shape index (κ2) is 5.55. The minimum absolute atomic E-state index is 0.0328. The number of nitrogens with two attached hydrogens (primary N) is 1. The molecule has 2 N–H and O–H groups in total. The highest BCUT2D eigenvalue weighted by Crippen LogP contribution is 2.42. The fraction of sp³-hybridized carbons (Fsp3) is 0.444. The molecule has 0 amide bonds. The molecule has 1 saturated carbocycles.